The van der Waals surface area contributed by atoms with Crippen molar-refractivity contribution < 1.29 is 9.59 Å². The maximum absolute atomic E-state index is 12.5. The van der Waals surface area contributed by atoms with Crippen LogP contribution in [0.15, 0.2) is 30.3 Å². The average molecular weight is 366 g/mol. The highest BCUT2D eigenvalue weighted by Crippen LogP contribution is 2.29. The molecular weight excluding hydrogens is 348 g/mol. The third kappa shape index (κ3) is 3.06. The Morgan fingerprint density at radius 2 is 1.96 bits per heavy atom. The summed E-state index contributed by atoms with van der Waals surface area (Å²) in [7, 11) is 0. The van der Waals surface area contributed by atoms with Crippen molar-refractivity contribution >= 4 is 28.2 Å². The van der Waals surface area contributed by atoms with Gasteiger partial charge in [0.1, 0.15) is 0 Å². The predicted molar refractivity (Wildman–Crippen MR) is 100 cm³/mol. The number of carbonyl (C=O) groups excluding carboxylic acids is 2. The van der Waals surface area contributed by atoms with E-state index < -0.39 is 0 Å². The molecule has 1 N–H and O–H groups in total. The van der Waals surface area contributed by atoms with Crippen LogP contribution in [0.2, 0.25) is 0 Å². The van der Waals surface area contributed by atoms with Gasteiger partial charge in [0.15, 0.2) is 10.9 Å². The number of hydrogen-bond donors (Lipinski definition) is 1. The lowest BCUT2D eigenvalue weighted by Gasteiger charge is -2.06. The number of hydrogen-bond acceptors (Lipinski definition) is 5. The summed E-state index contributed by atoms with van der Waals surface area (Å²) < 4.78 is 1.84. The second kappa shape index (κ2) is 6.49. The van der Waals surface area contributed by atoms with Gasteiger partial charge < -0.3 is 0 Å². The van der Waals surface area contributed by atoms with Crippen LogP contribution in [0.25, 0.3) is 5.69 Å². The highest BCUT2D eigenvalue weighted by molar-refractivity contribution is 7.17. The quantitative estimate of drug-likeness (QED) is 0.766. The Hall–Kier alpha value is -2.80. The number of ketones is 1. The molecule has 0 spiro atoms. The Balaban J connectivity index is 1.52. The van der Waals surface area contributed by atoms with Gasteiger partial charge in [-0.1, -0.05) is 11.3 Å². The van der Waals surface area contributed by atoms with Crippen molar-refractivity contribution in [3.05, 3.63) is 57.9 Å². The van der Waals surface area contributed by atoms with Gasteiger partial charge in [0.05, 0.1) is 22.0 Å². The number of carbonyl (C=O) groups is 2. The van der Waals surface area contributed by atoms with Gasteiger partial charge in [0.25, 0.3) is 5.91 Å². The summed E-state index contributed by atoms with van der Waals surface area (Å²) in [5, 5.41) is 7.73. The molecule has 0 aliphatic heterocycles. The highest BCUT2D eigenvalue weighted by atomic mass is 32.1. The number of benzene rings is 1. The molecule has 0 atom stereocenters. The number of aryl methyl sites for hydroxylation is 3. The van der Waals surface area contributed by atoms with Crippen molar-refractivity contribution in [3.8, 4) is 5.69 Å². The van der Waals surface area contributed by atoms with Crippen molar-refractivity contribution in [1.29, 1.82) is 0 Å². The molecule has 4 rings (SSSR count). The molecule has 0 radical (unpaired) electrons. The molecule has 0 unspecified atom stereocenters. The van der Waals surface area contributed by atoms with Crippen LogP contribution < -0.4 is 5.32 Å². The molecule has 0 saturated carbocycles. The zero-order valence-electron chi connectivity index (χ0n) is 14.6. The number of rotatable bonds is 3. The first-order chi connectivity index (χ1) is 12.5. The lowest BCUT2D eigenvalue weighted by Crippen LogP contribution is -2.12. The van der Waals surface area contributed by atoms with Crippen molar-refractivity contribution in [2.45, 2.75) is 33.1 Å². The molecule has 3 aromatic rings. The zero-order chi connectivity index (χ0) is 18.3. The largest absolute Gasteiger partial charge is 0.298 e. The third-order valence-corrected chi connectivity index (χ3v) is 5.43. The van der Waals surface area contributed by atoms with Crippen LogP contribution in [0.1, 0.15) is 50.0 Å². The van der Waals surface area contributed by atoms with Crippen LogP contribution in [0.5, 0.6) is 0 Å². The molecule has 0 saturated heterocycles. The third-order valence-electron chi connectivity index (χ3n) is 4.37. The van der Waals surface area contributed by atoms with E-state index in [4.69, 9.17) is 0 Å². The van der Waals surface area contributed by atoms with Gasteiger partial charge in [-0.2, -0.15) is 5.10 Å². The summed E-state index contributed by atoms with van der Waals surface area (Å²) in [6, 6.07) is 9.27. The Labute approximate surface area is 154 Å². The molecule has 132 valence electrons. The standard InChI is InChI=1S/C19H18N4O2S/c1-11-10-12(2)23(22-11)14-8-6-13(7-9-14)18(25)21-19-20-15-4-3-5-16(24)17(15)26-19/h6-10H,3-5H2,1-2H3,(H,20,21,25). The van der Waals surface area contributed by atoms with E-state index in [1.54, 1.807) is 12.1 Å². The topological polar surface area (TPSA) is 76.9 Å². The molecular formula is C19H18N4O2S. The first kappa shape index (κ1) is 16.7. The van der Waals surface area contributed by atoms with Gasteiger partial charge in [-0.05, 0) is 57.0 Å². The molecule has 26 heavy (non-hydrogen) atoms. The summed E-state index contributed by atoms with van der Waals surface area (Å²) >= 11 is 1.26. The minimum atomic E-state index is -0.233. The van der Waals surface area contributed by atoms with Crippen LogP contribution in [0, 0.1) is 13.8 Å². The van der Waals surface area contributed by atoms with E-state index in [2.05, 4.69) is 15.4 Å². The molecule has 2 aromatic heterocycles. The van der Waals surface area contributed by atoms with Crippen LogP contribution in [0.3, 0.4) is 0 Å². The predicted octanol–water partition coefficient (Wildman–Crippen LogP) is 3.72. The Kier molecular flexibility index (Phi) is 4.16. The monoisotopic (exact) mass is 366 g/mol. The Bertz CT molecular complexity index is 1000. The summed E-state index contributed by atoms with van der Waals surface area (Å²) in [6.45, 7) is 3.94. The minimum Gasteiger partial charge on any atom is -0.298 e. The van der Waals surface area contributed by atoms with Crippen molar-refractivity contribution in [3.63, 3.8) is 0 Å². The lowest BCUT2D eigenvalue weighted by molar-refractivity contribution is 0.0975. The molecule has 0 bridgehead atoms. The molecule has 6 nitrogen and oxygen atoms in total. The first-order valence-corrected chi connectivity index (χ1v) is 9.31. The fourth-order valence-electron chi connectivity index (χ4n) is 3.14. The molecule has 1 aliphatic carbocycles. The van der Waals surface area contributed by atoms with E-state index in [0.29, 0.717) is 22.0 Å². The van der Waals surface area contributed by atoms with E-state index in [0.717, 1.165) is 35.6 Å². The smallest absolute Gasteiger partial charge is 0.257 e. The fraction of sp³-hybridized carbons (Fsp3) is 0.263. The van der Waals surface area contributed by atoms with Crippen LogP contribution in [-0.2, 0) is 6.42 Å². The van der Waals surface area contributed by atoms with Crippen LogP contribution in [0.4, 0.5) is 5.13 Å². The number of aromatic nitrogens is 3. The van der Waals surface area contributed by atoms with Gasteiger partial charge >= 0.3 is 0 Å². The Morgan fingerprint density at radius 1 is 1.19 bits per heavy atom. The number of Topliss-reactive ketones (excluding diaryl/α,β-unsaturated/α-hetero) is 1. The first-order valence-electron chi connectivity index (χ1n) is 8.49. The van der Waals surface area contributed by atoms with E-state index in [1.807, 2.05) is 36.7 Å². The van der Waals surface area contributed by atoms with Crippen molar-refractivity contribution in [2.75, 3.05) is 5.32 Å². The molecule has 7 heteroatoms. The summed E-state index contributed by atoms with van der Waals surface area (Å²) in [5.74, 6) is -0.109. The van der Waals surface area contributed by atoms with E-state index in [9.17, 15) is 9.59 Å². The molecule has 2 heterocycles. The van der Waals surface area contributed by atoms with E-state index in [1.165, 1.54) is 11.3 Å². The zero-order valence-corrected chi connectivity index (χ0v) is 15.4. The van der Waals surface area contributed by atoms with Crippen molar-refractivity contribution in [2.24, 2.45) is 0 Å². The second-order valence-electron chi connectivity index (χ2n) is 6.41. The van der Waals surface area contributed by atoms with Gasteiger partial charge in [-0.25, -0.2) is 9.67 Å². The summed E-state index contributed by atoms with van der Waals surface area (Å²) in [5.41, 5.74) is 4.24. The molecule has 1 aliphatic rings. The molecule has 0 fully saturated rings. The minimum absolute atomic E-state index is 0.124. The second-order valence-corrected chi connectivity index (χ2v) is 7.41. The van der Waals surface area contributed by atoms with Gasteiger partial charge in [-0.15, -0.1) is 0 Å². The number of nitrogens with one attached hydrogen (secondary N) is 1. The van der Waals surface area contributed by atoms with E-state index in [-0.39, 0.29) is 11.7 Å². The van der Waals surface area contributed by atoms with Crippen molar-refractivity contribution in [1.82, 2.24) is 14.8 Å². The SMILES string of the molecule is Cc1cc(C)n(-c2ccc(C(=O)Nc3nc4c(s3)C(=O)CCC4)cc2)n1. The number of amides is 1. The number of thiazole rings is 1. The molecule has 1 aromatic carbocycles. The maximum atomic E-state index is 12.5. The number of fused-ring (bicyclic) bond motifs is 1. The van der Waals surface area contributed by atoms with Crippen LogP contribution in [-0.4, -0.2) is 26.5 Å². The maximum Gasteiger partial charge on any atom is 0.257 e. The van der Waals surface area contributed by atoms with Gasteiger partial charge in [0, 0.05) is 17.7 Å². The normalized spacial score (nSPS) is 13.5. The molecule has 1 amide bonds. The summed E-state index contributed by atoms with van der Waals surface area (Å²) in [4.78, 5) is 29.5. The average Bonchev–Trinajstić information content (AvgIpc) is 3.18. The Morgan fingerprint density at radius 3 is 2.62 bits per heavy atom. The fourth-order valence-corrected chi connectivity index (χ4v) is 4.11. The highest BCUT2D eigenvalue weighted by Gasteiger charge is 2.23. The van der Waals surface area contributed by atoms with E-state index >= 15 is 0 Å². The van der Waals surface area contributed by atoms with Crippen LogP contribution >= 0.6 is 11.3 Å². The number of nitrogens with zero attached hydrogens (tertiary/aromatic N) is 3. The number of anilines is 1. The lowest BCUT2D eigenvalue weighted by atomic mass is 10.0. The van der Waals surface area contributed by atoms with Gasteiger partial charge in [-0.3, -0.25) is 14.9 Å². The van der Waals surface area contributed by atoms with Gasteiger partial charge in [0.2, 0.25) is 0 Å². The summed E-state index contributed by atoms with van der Waals surface area (Å²) in [6.07, 6.45) is 2.19.